The molecule has 15 heteroatoms. The molecule has 0 radical (unpaired) electrons. The molecule has 0 bridgehead atoms. The molecule has 62 heavy (non-hydrogen) atoms. The van der Waals surface area contributed by atoms with Crippen molar-refractivity contribution in [2.45, 2.75) is 64.1 Å². The van der Waals surface area contributed by atoms with Crippen molar-refractivity contribution in [3.63, 3.8) is 0 Å². The molecular weight excluding hydrogens is 809 g/mol. The third kappa shape index (κ3) is 10.8. The molecule has 2 aliphatic rings. The van der Waals surface area contributed by atoms with Gasteiger partial charge in [0.2, 0.25) is 10.0 Å². The molecular formula is C47H50N6O8S. The summed E-state index contributed by atoms with van der Waals surface area (Å²) < 4.78 is 47.2. The fraction of sp³-hybridized carbons (Fsp3) is 0.319. The van der Waals surface area contributed by atoms with E-state index >= 15 is 0 Å². The number of nitrogens with zero attached hydrogens (tertiary/aromatic N) is 3. The van der Waals surface area contributed by atoms with Crippen molar-refractivity contribution in [2.24, 2.45) is 16.8 Å². The van der Waals surface area contributed by atoms with Crippen LogP contribution in [0.1, 0.15) is 70.1 Å². The molecule has 5 atom stereocenters. The van der Waals surface area contributed by atoms with Crippen LogP contribution in [0.5, 0.6) is 0 Å². The minimum atomic E-state index is -3.66. The van der Waals surface area contributed by atoms with E-state index in [4.69, 9.17) is 29.2 Å². The largest absolute Gasteiger partial charge is 0.452 e. The smallest absolute Gasteiger partial charge is 0.338 e. The number of carbonyl (C=O) groups excluding carboxylic acids is 3. The first-order chi connectivity index (χ1) is 30.0. The molecule has 0 aliphatic carbocycles. The Bertz CT molecular complexity index is 2420. The SMILES string of the molecule is CCNC(=O)[C@H]1O[C@@H](C2C=Nc3c(nc(CNS(=O)(=O)CC(C)C)nc3NCC(c3ccccc3)c3ccccc3)C2)[C@H](OC(=O)c2ccccc2)[C@@H]1OC(=O)c1ccccc1. The fourth-order valence-corrected chi connectivity index (χ4v) is 9.00. The summed E-state index contributed by atoms with van der Waals surface area (Å²) in [4.78, 5) is 55.5. The van der Waals surface area contributed by atoms with E-state index in [1.807, 2.05) is 50.2 Å². The second-order valence-electron chi connectivity index (χ2n) is 15.6. The highest BCUT2D eigenvalue weighted by Gasteiger charge is 2.55. The van der Waals surface area contributed by atoms with E-state index in [-0.39, 0.29) is 54.1 Å². The number of esters is 2. The van der Waals surface area contributed by atoms with Gasteiger partial charge in [-0.2, -0.15) is 0 Å². The molecule has 3 heterocycles. The van der Waals surface area contributed by atoms with Crippen LogP contribution < -0.4 is 15.4 Å². The Morgan fingerprint density at radius 1 is 0.774 bits per heavy atom. The van der Waals surface area contributed by atoms with E-state index in [2.05, 4.69) is 39.6 Å². The maximum atomic E-state index is 13.7. The molecule has 1 fully saturated rings. The van der Waals surface area contributed by atoms with Crippen molar-refractivity contribution in [2.75, 3.05) is 24.2 Å². The second-order valence-corrected chi connectivity index (χ2v) is 17.4. The molecule has 322 valence electrons. The molecule has 0 saturated carbocycles. The molecule has 5 aromatic rings. The summed E-state index contributed by atoms with van der Waals surface area (Å²) in [6, 6.07) is 36.8. The number of nitrogens with one attached hydrogen (secondary N) is 3. The lowest BCUT2D eigenvalue weighted by Gasteiger charge is -2.29. The van der Waals surface area contributed by atoms with Gasteiger partial charge in [0.25, 0.3) is 5.91 Å². The number of likely N-dealkylation sites (N-methyl/N-ethyl adjacent to an activating group) is 1. The predicted octanol–water partition coefficient (Wildman–Crippen LogP) is 6.03. The molecule has 4 aromatic carbocycles. The lowest BCUT2D eigenvalue weighted by Crippen LogP contribution is -2.47. The van der Waals surface area contributed by atoms with Crippen LogP contribution >= 0.6 is 0 Å². The highest BCUT2D eigenvalue weighted by Crippen LogP contribution is 2.39. The van der Waals surface area contributed by atoms with Crippen LogP contribution in [-0.4, -0.2) is 85.7 Å². The number of anilines is 1. The average molecular weight is 859 g/mol. The van der Waals surface area contributed by atoms with Crippen LogP contribution in [0.3, 0.4) is 0 Å². The molecule has 1 aromatic heterocycles. The molecule has 1 unspecified atom stereocenters. The number of carbonyl (C=O) groups is 3. The molecule has 14 nitrogen and oxygen atoms in total. The van der Waals surface area contributed by atoms with Gasteiger partial charge in [0.15, 0.2) is 24.1 Å². The van der Waals surface area contributed by atoms with Gasteiger partial charge in [-0.1, -0.05) is 111 Å². The quantitative estimate of drug-likeness (QED) is 0.0928. The summed E-state index contributed by atoms with van der Waals surface area (Å²) in [7, 11) is -3.66. The average Bonchev–Trinajstić information content (AvgIpc) is 3.63. The Hall–Kier alpha value is -6.29. The van der Waals surface area contributed by atoms with Gasteiger partial charge < -0.3 is 24.8 Å². The lowest BCUT2D eigenvalue weighted by molar-refractivity contribution is -0.136. The number of amides is 1. The molecule has 0 spiro atoms. The number of hydrogen-bond acceptors (Lipinski definition) is 12. The van der Waals surface area contributed by atoms with E-state index in [0.717, 1.165) is 11.1 Å². The standard InChI is InChI=1S/C47H50N6O8S/c1-4-48-45(54)43-42(61-47(56)34-23-15-8-16-24-34)41(60-46(55)33-21-13-7-14-22-33)40(59-43)35-25-37-39(49-26-35)44(53-38(52-37)28-51-62(57,58)29-30(2)3)50-27-36(31-17-9-5-10-18-31)32-19-11-6-12-20-32/h5-24,26,30,35-36,40-43,51H,4,25,27-29H2,1-3H3,(H,48,54)(H,50,52,53)/t35?,40-,41-,42-,43-/m0/s1. The van der Waals surface area contributed by atoms with E-state index in [9.17, 15) is 22.8 Å². The predicted molar refractivity (Wildman–Crippen MR) is 235 cm³/mol. The van der Waals surface area contributed by atoms with Crippen molar-refractivity contribution in [1.29, 1.82) is 0 Å². The van der Waals surface area contributed by atoms with Crippen LogP contribution in [0.4, 0.5) is 11.5 Å². The second kappa shape index (κ2) is 20.1. The third-order valence-corrected chi connectivity index (χ3v) is 12.2. The monoisotopic (exact) mass is 858 g/mol. The summed E-state index contributed by atoms with van der Waals surface area (Å²) in [5.74, 6) is -2.30. The molecule has 7 rings (SSSR count). The minimum Gasteiger partial charge on any atom is -0.452 e. The highest BCUT2D eigenvalue weighted by molar-refractivity contribution is 7.89. The van der Waals surface area contributed by atoms with Crippen molar-refractivity contribution in [3.05, 3.63) is 155 Å². The number of sulfonamides is 1. The van der Waals surface area contributed by atoms with Crippen LogP contribution in [0, 0.1) is 11.8 Å². The number of rotatable bonds is 17. The van der Waals surface area contributed by atoms with Crippen molar-refractivity contribution < 1.29 is 37.0 Å². The number of aliphatic imine (C=N–C) groups is 1. The Kier molecular flexibility index (Phi) is 14.2. The summed E-state index contributed by atoms with van der Waals surface area (Å²) in [5, 5.41) is 6.26. The number of fused-ring (bicyclic) bond motifs is 1. The van der Waals surface area contributed by atoms with E-state index < -0.39 is 58.2 Å². The Morgan fingerprint density at radius 2 is 1.32 bits per heavy atom. The first kappa shape index (κ1) is 43.8. The number of ether oxygens (including phenoxy) is 3. The lowest BCUT2D eigenvalue weighted by atomic mass is 9.90. The summed E-state index contributed by atoms with van der Waals surface area (Å²) >= 11 is 0. The van der Waals surface area contributed by atoms with Gasteiger partial charge in [-0.05, 0) is 48.2 Å². The zero-order chi connectivity index (χ0) is 43.6. The summed E-state index contributed by atoms with van der Waals surface area (Å²) in [6.07, 6.45) is -3.19. The molecule has 1 saturated heterocycles. The maximum absolute atomic E-state index is 13.7. The first-order valence-corrected chi connectivity index (χ1v) is 22.3. The van der Waals surface area contributed by atoms with Crippen molar-refractivity contribution in [3.8, 4) is 0 Å². The van der Waals surface area contributed by atoms with Gasteiger partial charge >= 0.3 is 11.9 Å². The topological polar surface area (TPSA) is 187 Å². The van der Waals surface area contributed by atoms with Gasteiger partial charge in [-0.25, -0.2) is 32.7 Å². The molecule has 2 aliphatic heterocycles. The van der Waals surface area contributed by atoms with Gasteiger partial charge in [0.1, 0.15) is 17.6 Å². The van der Waals surface area contributed by atoms with Gasteiger partial charge in [0.05, 0.1) is 29.1 Å². The van der Waals surface area contributed by atoms with E-state index in [1.165, 1.54) is 0 Å². The zero-order valence-corrected chi connectivity index (χ0v) is 35.5. The Balaban J connectivity index is 1.24. The summed E-state index contributed by atoms with van der Waals surface area (Å²) in [6.45, 7) is 5.90. The maximum Gasteiger partial charge on any atom is 0.338 e. The van der Waals surface area contributed by atoms with Crippen molar-refractivity contribution in [1.82, 2.24) is 20.0 Å². The summed E-state index contributed by atoms with van der Waals surface area (Å²) in [5.41, 5.74) is 3.57. The Morgan fingerprint density at radius 3 is 1.87 bits per heavy atom. The van der Waals surface area contributed by atoms with Gasteiger partial charge in [-0.15, -0.1) is 0 Å². The fourth-order valence-electron chi connectivity index (χ4n) is 7.66. The van der Waals surface area contributed by atoms with Crippen LogP contribution in [-0.2, 0) is 42.0 Å². The van der Waals surface area contributed by atoms with Crippen LogP contribution in [0.2, 0.25) is 0 Å². The van der Waals surface area contributed by atoms with Crippen molar-refractivity contribution >= 4 is 45.6 Å². The van der Waals surface area contributed by atoms with Crippen LogP contribution in [0.15, 0.2) is 126 Å². The highest BCUT2D eigenvalue weighted by atomic mass is 32.2. The number of aromatic nitrogens is 2. The Labute approximate surface area is 361 Å². The zero-order valence-electron chi connectivity index (χ0n) is 34.7. The normalized spacial score (nSPS) is 19.5. The van der Waals surface area contributed by atoms with Gasteiger partial charge in [0, 0.05) is 37.6 Å². The first-order valence-electron chi connectivity index (χ1n) is 20.7. The molecule has 1 amide bonds. The minimum absolute atomic E-state index is 0.0733. The van der Waals surface area contributed by atoms with E-state index in [1.54, 1.807) is 73.8 Å². The number of benzene rings is 4. The van der Waals surface area contributed by atoms with Gasteiger partial charge in [-0.3, -0.25) is 9.79 Å². The third-order valence-electron chi connectivity index (χ3n) is 10.5. The van der Waals surface area contributed by atoms with E-state index in [0.29, 0.717) is 23.7 Å². The molecule has 3 N–H and O–H groups in total. The number of hydrogen-bond donors (Lipinski definition) is 3. The van der Waals surface area contributed by atoms with Crippen LogP contribution in [0.25, 0.3) is 0 Å².